The minimum Gasteiger partial charge on any atom is -0.388 e. The first-order valence-electron chi connectivity index (χ1n) is 7.99. The quantitative estimate of drug-likeness (QED) is 0.649. The predicted molar refractivity (Wildman–Crippen MR) is 87.3 cm³/mol. The summed E-state index contributed by atoms with van der Waals surface area (Å²) in [6, 6.07) is 6.49. The van der Waals surface area contributed by atoms with Crippen LogP contribution in [0.5, 0.6) is 0 Å². The number of hydrogen-bond donors (Lipinski definition) is 2. The molecule has 1 aliphatic rings. The van der Waals surface area contributed by atoms with Crippen LogP contribution in [0.4, 0.5) is 4.39 Å². The topological polar surface area (TPSA) is 47.9 Å². The average molecular weight is 307 g/mol. The summed E-state index contributed by atoms with van der Waals surface area (Å²) >= 11 is 0. The lowest BCUT2D eigenvalue weighted by Gasteiger charge is -2.25. The van der Waals surface area contributed by atoms with Crippen LogP contribution in [0.25, 0.3) is 0 Å². The second kappa shape index (κ2) is 7.58. The van der Waals surface area contributed by atoms with Gasteiger partial charge in [-0.1, -0.05) is 25.0 Å². The number of hydrogen-bond acceptors (Lipinski definition) is 2. The van der Waals surface area contributed by atoms with E-state index in [1.165, 1.54) is 12.1 Å². The van der Waals surface area contributed by atoms with Crippen molar-refractivity contribution in [1.29, 1.82) is 0 Å². The maximum absolute atomic E-state index is 13.0. The summed E-state index contributed by atoms with van der Waals surface area (Å²) in [4.78, 5) is 6.58. The molecule has 0 heterocycles. The zero-order valence-corrected chi connectivity index (χ0v) is 13.5. The van der Waals surface area contributed by atoms with Gasteiger partial charge in [-0.2, -0.15) is 0 Å². The summed E-state index contributed by atoms with van der Waals surface area (Å²) in [6.45, 7) is 3.87. The number of aliphatic imine (C=N–C) groups is 1. The molecule has 0 spiro atoms. The Bertz CT molecular complexity index is 495. The number of benzene rings is 1. The smallest absolute Gasteiger partial charge is 0.194 e. The minimum absolute atomic E-state index is 0.226. The first-order valence-corrected chi connectivity index (χ1v) is 7.99. The van der Waals surface area contributed by atoms with E-state index in [9.17, 15) is 9.50 Å². The van der Waals surface area contributed by atoms with E-state index in [0.717, 1.165) is 43.8 Å². The van der Waals surface area contributed by atoms with Gasteiger partial charge in [-0.3, -0.25) is 4.99 Å². The number of nitrogens with zero attached hydrogens (tertiary/aromatic N) is 2. The lowest BCUT2D eigenvalue weighted by molar-refractivity contribution is 0.0572. The second-order valence-electron chi connectivity index (χ2n) is 6.08. The van der Waals surface area contributed by atoms with Gasteiger partial charge in [-0.25, -0.2) is 4.39 Å². The van der Waals surface area contributed by atoms with Gasteiger partial charge < -0.3 is 15.3 Å². The zero-order valence-electron chi connectivity index (χ0n) is 13.5. The van der Waals surface area contributed by atoms with Crippen molar-refractivity contribution in [1.82, 2.24) is 10.2 Å². The van der Waals surface area contributed by atoms with Crippen molar-refractivity contribution in [2.45, 2.75) is 44.8 Å². The van der Waals surface area contributed by atoms with E-state index in [1.807, 2.05) is 18.9 Å². The van der Waals surface area contributed by atoms with E-state index in [0.29, 0.717) is 13.1 Å². The van der Waals surface area contributed by atoms with Crippen molar-refractivity contribution < 1.29 is 9.50 Å². The fraction of sp³-hybridized carbons (Fsp3) is 0.588. The Kier molecular flexibility index (Phi) is 5.77. The van der Waals surface area contributed by atoms with Gasteiger partial charge in [0.25, 0.3) is 0 Å². The lowest BCUT2D eigenvalue weighted by Crippen LogP contribution is -2.40. The van der Waals surface area contributed by atoms with Crippen molar-refractivity contribution in [3.63, 3.8) is 0 Å². The van der Waals surface area contributed by atoms with Crippen LogP contribution in [0.1, 0.15) is 38.2 Å². The Morgan fingerprint density at radius 2 is 1.95 bits per heavy atom. The van der Waals surface area contributed by atoms with Gasteiger partial charge in [-0.05, 0) is 37.5 Å². The van der Waals surface area contributed by atoms with E-state index in [-0.39, 0.29) is 5.82 Å². The molecule has 5 heteroatoms. The van der Waals surface area contributed by atoms with Crippen molar-refractivity contribution in [3.8, 4) is 0 Å². The Morgan fingerprint density at radius 3 is 2.55 bits per heavy atom. The molecule has 4 nitrogen and oxygen atoms in total. The van der Waals surface area contributed by atoms with Crippen LogP contribution < -0.4 is 5.32 Å². The third-order valence-electron chi connectivity index (χ3n) is 4.09. The summed E-state index contributed by atoms with van der Waals surface area (Å²) < 4.78 is 13.0. The molecule has 0 aliphatic heterocycles. The standard InChI is InChI=1S/C17H26FN3O/c1-3-19-16(20-13-17(22)10-4-5-11-17)21(2)12-14-6-8-15(18)9-7-14/h6-9,22H,3-5,10-13H2,1-2H3,(H,19,20). The molecule has 2 N–H and O–H groups in total. The molecule has 0 radical (unpaired) electrons. The summed E-state index contributed by atoms with van der Waals surface area (Å²) in [5.41, 5.74) is 0.381. The van der Waals surface area contributed by atoms with Crippen LogP contribution >= 0.6 is 0 Å². The van der Waals surface area contributed by atoms with E-state index in [2.05, 4.69) is 10.3 Å². The fourth-order valence-corrected chi connectivity index (χ4v) is 2.82. The predicted octanol–water partition coefficient (Wildman–Crippen LogP) is 2.53. The molecule has 1 fully saturated rings. The van der Waals surface area contributed by atoms with Crippen molar-refractivity contribution in [2.24, 2.45) is 4.99 Å². The molecular formula is C17H26FN3O. The van der Waals surface area contributed by atoms with E-state index >= 15 is 0 Å². The van der Waals surface area contributed by atoms with Crippen LogP contribution in [0.2, 0.25) is 0 Å². The van der Waals surface area contributed by atoms with Gasteiger partial charge in [0.05, 0.1) is 12.1 Å². The molecule has 0 aromatic heterocycles. The molecule has 122 valence electrons. The first kappa shape index (κ1) is 16.7. The number of halogens is 1. The molecule has 1 aliphatic carbocycles. The molecule has 0 amide bonds. The molecule has 1 aromatic rings. The molecule has 0 atom stereocenters. The number of rotatable bonds is 5. The van der Waals surface area contributed by atoms with Crippen LogP contribution in [0.15, 0.2) is 29.3 Å². The second-order valence-corrected chi connectivity index (χ2v) is 6.08. The van der Waals surface area contributed by atoms with Crippen molar-refractivity contribution in [2.75, 3.05) is 20.1 Å². The number of nitrogens with one attached hydrogen (secondary N) is 1. The van der Waals surface area contributed by atoms with E-state index < -0.39 is 5.60 Å². The molecule has 1 saturated carbocycles. The van der Waals surface area contributed by atoms with Crippen LogP contribution in [0, 0.1) is 5.82 Å². The molecule has 1 aromatic carbocycles. The summed E-state index contributed by atoms with van der Waals surface area (Å²) in [6.07, 6.45) is 3.82. The van der Waals surface area contributed by atoms with Gasteiger partial charge >= 0.3 is 0 Å². The molecular weight excluding hydrogens is 281 g/mol. The van der Waals surface area contributed by atoms with Gasteiger partial charge in [0.1, 0.15) is 5.82 Å². The highest BCUT2D eigenvalue weighted by atomic mass is 19.1. The third kappa shape index (κ3) is 4.70. The van der Waals surface area contributed by atoms with Crippen molar-refractivity contribution in [3.05, 3.63) is 35.6 Å². The third-order valence-corrected chi connectivity index (χ3v) is 4.09. The maximum Gasteiger partial charge on any atom is 0.194 e. The van der Waals surface area contributed by atoms with Crippen molar-refractivity contribution >= 4 is 5.96 Å². The highest BCUT2D eigenvalue weighted by molar-refractivity contribution is 5.79. The monoisotopic (exact) mass is 307 g/mol. The Balaban J connectivity index is 2.00. The Labute approximate surface area is 132 Å². The Hall–Kier alpha value is -1.62. The van der Waals surface area contributed by atoms with Crippen LogP contribution in [0.3, 0.4) is 0 Å². The molecule has 0 bridgehead atoms. The van der Waals surface area contributed by atoms with Gasteiger partial charge in [0.15, 0.2) is 5.96 Å². The molecule has 22 heavy (non-hydrogen) atoms. The average Bonchev–Trinajstić information content (AvgIpc) is 2.93. The zero-order chi connectivity index (χ0) is 16.0. The van der Waals surface area contributed by atoms with E-state index in [1.54, 1.807) is 12.1 Å². The number of guanidine groups is 1. The summed E-state index contributed by atoms with van der Waals surface area (Å²) in [5, 5.41) is 13.7. The highest BCUT2D eigenvalue weighted by Crippen LogP contribution is 2.29. The normalized spacial score (nSPS) is 17.5. The maximum atomic E-state index is 13.0. The fourth-order valence-electron chi connectivity index (χ4n) is 2.82. The molecule has 0 saturated heterocycles. The van der Waals surface area contributed by atoms with Gasteiger partial charge in [-0.15, -0.1) is 0 Å². The van der Waals surface area contributed by atoms with Crippen LogP contribution in [-0.4, -0.2) is 41.7 Å². The summed E-state index contributed by atoms with van der Waals surface area (Å²) in [5.74, 6) is 0.544. The SMILES string of the molecule is CCNC(=NCC1(O)CCCC1)N(C)Cc1ccc(F)cc1. The minimum atomic E-state index is -0.641. The highest BCUT2D eigenvalue weighted by Gasteiger charge is 2.30. The van der Waals surface area contributed by atoms with Gasteiger partial charge in [0, 0.05) is 20.1 Å². The molecule has 0 unspecified atom stereocenters. The largest absolute Gasteiger partial charge is 0.388 e. The lowest BCUT2D eigenvalue weighted by atomic mass is 10.0. The van der Waals surface area contributed by atoms with E-state index in [4.69, 9.17) is 0 Å². The van der Waals surface area contributed by atoms with Crippen LogP contribution in [-0.2, 0) is 6.54 Å². The molecule has 2 rings (SSSR count). The van der Waals surface area contributed by atoms with Gasteiger partial charge in [0.2, 0.25) is 0 Å². The number of aliphatic hydroxyl groups is 1. The summed E-state index contributed by atoms with van der Waals surface area (Å²) in [7, 11) is 1.95. The Morgan fingerprint density at radius 1 is 1.32 bits per heavy atom. The first-order chi connectivity index (χ1) is 10.5.